The zero-order valence-electron chi connectivity index (χ0n) is 16.4. The quantitative estimate of drug-likeness (QED) is 0.368. The van der Waals surface area contributed by atoms with Crippen LogP contribution in [0.25, 0.3) is 0 Å². The van der Waals surface area contributed by atoms with Crippen LogP contribution in [0.2, 0.25) is 0 Å². The van der Waals surface area contributed by atoms with E-state index in [9.17, 15) is 14.4 Å². The lowest BCUT2D eigenvalue weighted by Crippen LogP contribution is -2.28. The minimum absolute atomic E-state index is 0.126. The number of aliphatic carboxylic acids is 1. The molecule has 1 aliphatic heterocycles. The second-order valence-electron chi connectivity index (χ2n) is 7.58. The number of hydrogen-bond donors (Lipinski definition) is 1. The van der Waals surface area contributed by atoms with Crippen molar-refractivity contribution in [3.05, 3.63) is 34.3 Å². The highest BCUT2D eigenvalue weighted by Crippen LogP contribution is 2.52. The van der Waals surface area contributed by atoms with Gasteiger partial charge in [0.15, 0.2) is 17.6 Å². The Hall–Kier alpha value is -2.68. The molecule has 0 radical (unpaired) electrons. The monoisotopic (exact) mass is 476 g/mol. The first-order valence-corrected chi connectivity index (χ1v) is 10.6. The van der Waals surface area contributed by atoms with Gasteiger partial charge < -0.3 is 14.6 Å². The fourth-order valence-corrected chi connectivity index (χ4v) is 4.80. The van der Waals surface area contributed by atoms with E-state index in [0.29, 0.717) is 22.4 Å². The van der Waals surface area contributed by atoms with E-state index in [2.05, 4.69) is 21.0 Å². The van der Waals surface area contributed by atoms with Crippen molar-refractivity contribution >= 4 is 39.9 Å². The highest BCUT2D eigenvalue weighted by atomic mass is 79.9. The Morgan fingerprint density at radius 2 is 1.90 bits per heavy atom. The number of allylic oxidation sites excluding steroid dienone is 2. The maximum absolute atomic E-state index is 12.7. The zero-order valence-corrected chi connectivity index (χ0v) is 18.0. The SMILES string of the molecule is CCOc1cc(C=NN2C(=O)[C@@H]3[C@H](C2=O)[C@H]2C=C[C@H]3C2)c(Br)cc1O[C@@H](C)C(=O)O. The van der Waals surface area contributed by atoms with E-state index >= 15 is 0 Å². The third-order valence-electron chi connectivity index (χ3n) is 5.77. The number of fused-ring (bicyclic) bond motifs is 5. The molecule has 0 aromatic heterocycles. The molecule has 1 saturated carbocycles. The molecule has 1 aromatic carbocycles. The van der Waals surface area contributed by atoms with Gasteiger partial charge in [0.1, 0.15) is 0 Å². The highest BCUT2D eigenvalue weighted by molar-refractivity contribution is 9.10. The topological polar surface area (TPSA) is 106 Å². The maximum Gasteiger partial charge on any atom is 0.344 e. The number of hydrogen-bond acceptors (Lipinski definition) is 6. The zero-order chi connectivity index (χ0) is 21.6. The Kier molecular flexibility index (Phi) is 5.40. The molecule has 3 aliphatic rings. The molecule has 158 valence electrons. The molecule has 2 bridgehead atoms. The molecule has 4 rings (SSSR count). The Balaban J connectivity index is 1.58. The molecule has 1 N–H and O–H groups in total. The maximum atomic E-state index is 12.7. The van der Waals surface area contributed by atoms with Crippen molar-refractivity contribution in [1.82, 2.24) is 5.01 Å². The third-order valence-corrected chi connectivity index (χ3v) is 6.46. The van der Waals surface area contributed by atoms with Crippen LogP contribution < -0.4 is 9.47 Å². The lowest BCUT2D eigenvalue weighted by Gasteiger charge is -2.16. The van der Waals surface area contributed by atoms with Gasteiger partial charge in [-0.05, 0) is 60.2 Å². The molecule has 0 unspecified atom stereocenters. The second-order valence-corrected chi connectivity index (χ2v) is 8.44. The van der Waals surface area contributed by atoms with Crippen molar-refractivity contribution in [2.24, 2.45) is 28.8 Å². The largest absolute Gasteiger partial charge is 0.490 e. The third kappa shape index (κ3) is 3.40. The predicted octanol–water partition coefficient (Wildman–Crippen LogP) is 2.84. The fourth-order valence-electron chi connectivity index (χ4n) is 4.37. The summed E-state index contributed by atoms with van der Waals surface area (Å²) in [7, 11) is 0. The van der Waals surface area contributed by atoms with E-state index in [1.807, 2.05) is 12.2 Å². The average molecular weight is 477 g/mol. The number of hydrazone groups is 1. The van der Waals surface area contributed by atoms with Crippen LogP contribution in [0.3, 0.4) is 0 Å². The summed E-state index contributed by atoms with van der Waals surface area (Å²) in [6.07, 6.45) is 5.30. The van der Waals surface area contributed by atoms with Gasteiger partial charge in [0.05, 0.1) is 24.7 Å². The average Bonchev–Trinajstić information content (AvgIpc) is 3.37. The fraction of sp³-hybridized carbons (Fsp3) is 0.429. The second kappa shape index (κ2) is 7.86. The first-order valence-electron chi connectivity index (χ1n) is 9.77. The number of rotatable bonds is 7. The number of carboxylic acid groups (broad SMARTS) is 1. The number of amides is 2. The number of nitrogens with zero attached hydrogens (tertiary/aromatic N) is 2. The molecule has 2 amide bonds. The minimum Gasteiger partial charge on any atom is -0.490 e. The first kappa shape index (κ1) is 20.6. The Labute approximate surface area is 181 Å². The summed E-state index contributed by atoms with van der Waals surface area (Å²) < 4.78 is 11.6. The molecular weight excluding hydrogens is 456 g/mol. The van der Waals surface area contributed by atoms with E-state index < -0.39 is 12.1 Å². The lowest BCUT2D eigenvalue weighted by molar-refractivity contribution is -0.144. The van der Waals surface area contributed by atoms with Crippen LogP contribution in [0.5, 0.6) is 11.5 Å². The van der Waals surface area contributed by atoms with Crippen LogP contribution in [-0.4, -0.2) is 46.8 Å². The number of carboxylic acids is 1. The van der Waals surface area contributed by atoms with E-state index in [1.54, 1.807) is 19.1 Å². The van der Waals surface area contributed by atoms with Gasteiger partial charge in [0.25, 0.3) is 11.8 Å². The van der Waals surface area contributed by atoms with Gasteiger partial charge in [-0.1, -0.05) is 12.2 Å². The lowest BCUT2D eigenvalue weighted by atomic mass is 9.85. The summed E-state index contributed by atoms with van der Waals surface area (Å²) in [5.74, 6) is -1.36. The van der Waals surface area contributed by atoms with Crippen molar-refractivity contribution < 1.29 is 29.0 Å². The van der Waals surface area contributed by atoms with Crippen molar-refractivity contribution in [2.45, 2.75) is 26.4 Å². The molecule has 5 atom stereocenters. The number of carbonyl (C=O) groups is 3. The summed E-state index contributed by atoms with van der Waals surface area (Å²) in [6, 6.07) is 3.20. The van der Waals surface area contributed by atoms with Crippen LogP contribution >= 0.6 is 15.9 Å². The highest BCUT2D eigenvalue weighted by Gasteiger charge is 2.59. The van der Waals surface area contributed by atoms with Gasteiger partial charge in [0, 0.05) is 10.0 Å². The Bertz CT molecular complexity index is 944. The molecular formula is C21H21BrN2O6. The number of ether oxygens (including phenoxy) is 2. The Morgan fingerprint density at radius 1 is 1.27 bits per heavy atom. The molecule has 1 aromatic rings. The van der Waals surface area contributed by atoms with E-state index in [1.165, 1.54) is 13.1 Å². The van der Waals surface area contributed by atoms with Crippen molar-refractivity contribution in [3.8, 4) is 11.5 Å². The predicted molar refractivity (Wildman–Crippen MR) is 110 cm³/mol. The van der Waals surface area contributed by atoms with Gasteiger partial charge in [-0.15, -0.1) is 0 Å². The number of carbonyl (C=O) groups excluding carboxylic acids is 2. The van der Waals surface area contributed by atoms with E-state index in [-0.39, 0.29) is 41.2 Å². The van der Waals surface area contributed by atoms with Gasteiger partial charge in [-0.25, -0.2) is 4.79 Å². The van der Waals surface area contributed by atoms with Gasteiger partial charge in [-0.3, -0.25) is 9.59 Å². The van der Waals surface area contributed by atoms with Crippen molar-refractivity contribution in [2.75, 3.05) is 6.61 Å². The van der Waals surface area contributed by atoms with Gasteiger partial charge in [-0.2, -0.15) is 10.1 Å². The summed E-state index contributed by atoms with van der Waals surface area (Å²) in [4.78, 5) is 36.6. The molecule has 0 spiro atoms. The summed E-state index contributed by atoms with van der Waals surface area (Å²) in [6.45, 7) is 3.56. The first-order chi connectivity index (χ1) is 14.3. The molecule has 1 heterocycles. The molecule has 2 aliphatic carbocycles. The summed E-state index contributed by atoms with van der Waals surface area (Å²) in [5.41, 5.74) is 0.563. The number of imide groups is 1. The minimum atomic E-state index is -1.10. The van der Waals surface area contributed by atoms with Crippen molar-refractivity contribution in [1.29, 1.82) is 0 Å². The van der Waals surface area contributed by atoms with Crippen LogP contribution in [0, 0.1) is 23.7 Å². The molecule has 2 fully saturated rings. The number of halogens is 1. The van der Waals surface area contributed by atoms with Crippen LogP contribution in [-0.2, 0) is 14.4 Å². The van der Waals surface area contributed by atoms with Gasteiger partial charge >= 0.3 is 5.97 Å². The van der Waals surface area contributed by atoms with E-state index in [0.717, 1.165) is 11.4 Å². The molecule has 1 saturated heterocycles. The molecule has 8 nitrogen and oxygen atoms in total. The van der Waals surface area contributed by atoms with Crippen molar-refractivity contribution in [3.63, 3.8) is 0 Å². The smallest absolute Gasteiger partial charge is 0.344 e. The van der Waals surface area contributed by atoms with E-state index in [4.69, 9.17) is 14.6 Å². The normalized spacial score (nSPS) is 27.8. The van der Waals surface area contributed by atoms with Crippen LogP contribution in [0.1, 0.15) is 25.8 Å². The van der Waals surface area contributed by atoms with Crippen LogP contribution in [0.4, 0.5) is 0 Å². The standard InChI is InChI=1S/C21H21BrN2O6/c1-3-29-15-7-13(14(22)8-16(15)30-10(2)21(27)28)9-23-24-19(25)17-11-4-5-12(6-11)18(17)20(24)26/h4-5,7-12,17-18H,3,6H2,1-2H3,(H,27,28)/t10-,11-,12-,17-,18+/m0/s1. The molecule has 30 heavy (non-hydrogen) atoms. The van der Waals surface area contributed by atoms with Crippen LogP contribution in [0.15, 0.2) is 33.9 Å². The Morgan fingerprint density at radius 3 is 2.47 bits per heavy atom. The van der Waals surface area contributed by atoms with Gasteiger partial charge in [0.2, 0.25) is 0 Å². The molecule has 9 heteroatoms. The summed E-state index contributed by atoms with van der Waals surface area (Å²) >= 11 is 3.40. The number of benzene rings is 1. The summed E-state index contributed by atoms with van der Waals surface area (Å²) in [5, 5.41) is 14.2.